The Morgan fingerprint density at radius 2 is 1.44 bits per heavy atom. The fourth-order valence-electron chi connectivity index (χ4n) is 3.48. The van der Waals surface area contributed by atoms with Gasteiger partial charge in [0.25, 0.3) is 0 Å². The molecule has 1 aliphatic rings. The molecule has 1 fully saturated rings. The van der Waals surface area contributed by atoms with Crippen LogP contribution in [0.2, 0.25) is 0 Å². The molecule has 34 heavy (non-hydrogen) atoms. The number of amides is 4. The van der Waals surface area contributed by atoms with Crippen LogP contribution in [0.4, 0.5) is 9.59 Å². The minimum absolute atomic E-state index is 0.0698. The molecule has 0 bridgehead atoms. The third-order valence-corrected chi connectivity index (χ3v) is 5.14. The van der Waals surface area contributed by atoms with Gasteiger partial charge in [-0.3, -0.25) is 0 Å². The van der Waals surface area contributed by atoms with Crippen molar-refractivity contribution in [1.29, 1.82) is 0 Å². The Kier molecular flexibility index (Phi) is 11.4. The Bertz CT molecular complexity index is 699. The van der Waals surface area contributed by atoms with Gasteiger partial charge in [0, 0.05) is 18.6 Å². The summed E-state index contributed by atoms with van der Waals surface area (Å²) in [5.41, 5.74) is -1.23. The molecular weight excluding hydrogens is 432 g/mol. The van der Waals surface area contributed by atoms with Crippen LogP contribution >= 0.6 is 0 Å². The van der Waals surface area contributed by atoms with Gasteiger partial charge >= 0.3 is 12.1 Å². The van der Waals surface area contributed by atoms with Crippen LogP contribution in [0.1, 0.15) is 94.4 Å². The molecule has 4 N–H and O–H groups in total. The average Bonchev–Trinajstić information content (AvgIpc) is 2.66. The van der Waals surface area contributed by atoms with Crippen LogP contribution in [-0.2, 0) is 0 Å². The number of nitrogens with one attached hydrogen (secondary N) is 4. The molecule has 0 spiro atoms. The van der Waals surface area contributed by atoms with Crippen LogP contribution < -0.4 is 21.3 Å². The third kappa shape index (κ3) is 14.8. The lowest BCUT2D eigenvalue weighted by Crippen LogP contribution is -2.48. The minimum Gasteiger partial charge on any atom is -0.338 e. The Hall–Kier alpha value is -2.26. The number of nitrogens with zero attached hydrogens (tertiary/aromatic N) is 4. The lowest BCUT2D eigenvalue weighted by molar-refractivity contribution is 0.219. The molecule has 0 aromatic rings. The number of carbonyl (C=O) groups is 2. The zero-order valence-corrected chi connectivity index (χ0v) is 22.8. The summed E-state index contributed by atoms with van der Waals surface area (Å²) in [6.07, 6.45) is 4.89. The second-order valence-corrected chi connectivity index (χ2v) is 11.9. The van der Waals surface area contributed by atoms with Crippen LogP contribution in [0.3, 0.4) is 0 Å². The molecule has 196 valence electrons. The maximum atomic E-state index is 12.3. The lowest BCUT2D eigenvalue weighted by Gasteiger charge is -2.29. The monoisotopic (exact) mass is 480 g/mol. The fourth-order valence-corrected chi connectivity index (χ4v) is 3.48. The van der Waals surface area contributed by atoms with Crippen LogP contribution in [0.25, 0.3) is 0 Å². The maximum absolute atomic E-state index is 12.3. The second kappa shape index (κ2) is 13.0. The molecule has 10 nitrogen and oxygen atoms in total. The summed E-state index contributed by atoms with van der Waals surface area (Å²) in [6, 6.07) is -0.267. The number of urea groups is 2. The Morgan fingerprint density at radius 1 is 0.853 bits per heavy atom. The first-order chi connectivity index (χ1) is 15.5. The van der Waals surface area contributed by atoms with E-state index in [4.69, 9.17) is 0 Å². The van der Waals surface area contributed by atoms with E-state index < -0.39 is 5.66 Å². The number of rotatable bonds is 9. The molecule has 1 aliphatic carbocycles. The molecule has 0 radical (unpaired) electrons. The van der Waals surface area contributed by atoms with Crippen molar-refractivity contribution in [2.45, 2.75) is 123 Å². The van der Waals surface area contributed by atoms with Crippen LogP contribution in [0.15, 0.2) is 20.5 Å². The molecule has 4 amide bonds. The number of carbonyl (C=O) groups excluding carboxylic acids is 2. The molecule has 0 heterocycles. The average molecular weight is 481 g/mol. The smallest absolute Gasteiger partial charge is 0.316 e. The van der Waals surface area contributed by atoms with Gasteiger partial charge in [0.15, 0.2) is 0 Å². The molecule has 0 saturated heterocycles. The van der Waals surface area contributed by atoms with E-state index in [1.54, 1.807) is 0 Å². The normalized spacial score (nSPS) is 20.9. The SMILES string of the molecule is CC(CN=NC(C)(C)C)NC(=O)NC1CCC(CCNC(=O)NC(C)(C)N=NC(C)(C)C)CC1. The van der Waals surface area contributed by atoms with Crippen LogP contribution in [0, 0.1) is 5.92 Å². The standard InChI is InChI=1S/C24H48N8O2/c1-17(16-26-30-22(2,3)4)27-21(34)28-19-12-10-18(11-13-19)14-15-25-20(33)29-24(8,9)32-31-23(5,6)7/h17-19H,10-16H2,1-9H3,(H2,25,29,33)(H2,27,28,34). The van der Waals surface area contributed by atoms with Gasteiger partial charge in [-0.05, 0) is 100 Å². The van der Waals surface area contributed by atoms with Crippen molar-refractivity contribution < 1.29 is 9.59 Å². The summed E-state index contributed by atoms with van der Waals surface area (Å²) in [5.74, 6) is 0.548. The zero-order valence-electron chi connectivity index (χ0n) is 22.8. The molecule has 1 atom stereocenters. The first kappa shape index (κ1) is 29.8. The first-order valence-electron chi connectivity index (χ1n) is 12.5. The summed E-state index contributed by atoms with van der Waals surface area (Å²) < 4.78 is 0. The van der Waals surface area contributed by atoms with Gasteiger partial charge in [-0.25, -0.2) is 9.59 Å². The largest absolute Gasteiger partial charge is 0.338 e. The van der Waals surface area contributed by atoms with E-state index in [-0.39, 0.29) is 35.2 Å². The van der Waals surface area contributed by atoms with Crippen molar-refractivity contribution in [3.8, 4) is 0 Å². The van der Waals surface area contributed by atoms with Crippen molar-refractivity contribution >= 4 is 12.1 Å². The highest BCUT2D eigenvalue weighted by Gasteiger charge is 2.24. The maximum Gasteiger partial charge on any atom is 0.316 e. The molecule has 1 saturated carbocycles. The summed E-state index contributed by atoms with van der Waals surface area (Å²) in [6.45, 7) is 18.5. The fraction of sp³-hybridized carbons (Fsp3) is 0.917. The predicted molar refractivity (Wildman–Crippen MR) is 136 cm³/mol. The Labute approximate surface area is 206 Å². The van der Waals surface area contributed by atoms with E-state index in [0.29, 0.717) is 19.0 Å². The summed E-state index contributed by atoms with van der Waals surface area (Å²) in [5, 5.41) is 28.7. The van der Waals surface area contributed by atoms with Crippen molar-refractivity contribution in [1.82, 2.24) is 21.3 Å². The highest BCUT2D eigenvalue weighted by Crippen LogP contribution is 2.26. The number of azo groups is 2. The van der Waals surface area contributed by atoms with Crippen molar-refractivity contribution in [2.75, 3.05) is 13.1 Å². The summed E-state index contributed by atoms with van der Waals surface area (Å²) in [7, 11) is 0. The van der Waals surface area contributed by atoms with E-state index in [2.05, 4.69) is 41.7 Å². The van der Waals surface area contributed by atoms with Crippen LogP contribution in [-0.4, -0.2) is 54.0 Å². The molecule has 1 unspecified atom stereocenters. The van der Waals surface area contributed by atoms with Crippen LogP contribution in [0.5, 0.6) is 0 Å². The van der Waals surface area contributed by atoms with E-state index in [0.717, 1.165) is 32.1 Å². The molecule has 1 rings (SSSR count). The Morgan fingerprint density at radius 3 is 2.00 bits per heavy atom. The predicted octanol–water partition coefficient (Wildman–Crippen LogP) is 5.16. The van der Waals surface area contributed by atoms with E-state index in [9.17, 15) is 9.59 Å². The molecule has 0 aromatic heterocycles. The second-order valence-electron chi connectivity index (χ2n) is 11.9. The van der Waals surface area contributed by atoms with Gasteiger partial charge in [0.05, 0.1) is 17.6 Å². The lowest BCUT2D eigenvalue weighted by atomic mass is 9.84. The molecular formula is C24H48N8O2. The van der Waals surface area contributed by atoms with Crippen molar-refractivity contribution in [2.24, 2.45) is 26.4 Å². The van der Waals surface area contributed by atoms with Gasteiger partial charge in [0.1, 0.15) is 5.66 Å². The van der Waals surface area contributed by atoms with Crippen molar-refractivity contribution in [3.05, 3.63) is 0 Å². The van der Waals surface area contributed by atoms with Gasteiger partial charge in [0.2, 0.25) is 0 Å². The van der Waals surface area contributed by atoms with Gasteiger partial charge < -0.3 is 21.3 Å². The zero-order chi connectivity index (χ0) is 26.0. The topological polar surface area (TPSA) is 132 Å². The van der Waals surface area contributed by atoms with Crippen molar-refractivity contribution in [3.63, 3.8) is 0 Å². The highest BCUT2D eigenvalue weighted by atomic mass is 16.2. The number of hydrogen-bond donors (Lipinski definition) is 4. The van der Waals surface area contributed by atoms with E-state index in [1.165, 1.54) is 0 Å². The quantitative estimate of drug-likeness (QED) is 0.340. The molecule has 0 aromatic carbocycles. The molecule has 0 aliphatic heterocycles. The minimum atomic E-state index is -0.755. The van der Waals surface area contributed by atoms with Gasteiger partial charge in [-0.2, -0.15) is 20.5 Å². The van der Waals surface area contributed by atoms with E-state index >= 15 is 0 Å². The molecule has 10 heteroatoms. The number of hydrogen-bond acceptors (Lipinski definition) is 6. The van der Waals surface area contributed by atoms with E-state index in [1.807, 2.05) is 62.3 Å². The first-order valence-corrected chi connectivity index (χ1v) is 12.5. The highest BCUT2D eigenvalue weighted by molar-refractivity contribution is 5.75. The van der Waals surface area contributed by atoms with Gasteiger partial charge in [-0.15, -0.1) is 0 Å². The summed E-state index contributed by atoms with van der Waals surface area (Å²) in [4.78, 5) is 24.5. The third-order valence-electron chi connectivity index (χ3n) is 5.14. The van der Waals surface area contributed by atoms with Gasteiger partial charge in [-0.1, -0.05) is 0 Å². The Balaban J connectivity index is 2.24. The summed E-state index contributed by atoms with van der Waals surface area (Å²) >= 11 is 0.